The van der Waals surface area contributed by atoms with Crippen LogP contribution in [0.15, 0.2) is 12.2 Å². The van der Waals surface area contributed by atoms with Crippen LogP contribution in [0.25, 0.3) is 0 Å². The van der Waals surface area contributed by atoms with Gasteiger partial charge in [-0.2, -0.15) is 0 Å². The Balaban J connectivity index is 2.42. The molecule has 2 atom stereocenters. The van der Waals surface area contributed by atoms with Gasteiger partial charge in [0.05, 0.1) is 6.10 Å². The summed E-state index contributed by atoms with van der Waals surface area (Å²) in [5.74, 6) is 0.593. The van der Waals surface area contributed by atoms with E-state index in [1.807, 2.05) is 12.2 Å². The molecule has 1 heteroatoms. The average molecular weight is 98.1 g/mol. The fraction of sp³-hybridized carbons (Fsp3) is 0.667. The molecule has 0 aromatic rings. The van der Waals surface area contributed by atoms with Gasteiger partial charge in [0.1, 0.15) is 0 Å². The van der Waals surface area contributed by atoms with E-state index in [2.05, 4.69) is 6.92 Å². The monoisotopic (exact) mass is 98.1 g/mol. The molecule has 0 radical (unpaired) electrons. The molecule has 1 aliphatic carbocycles. The van der Waals surface area contributed by atoms with E-state index in [1.165, 1.54) is 0 Å². The van der Waals surface area contributed by atoms with Crippen molar-refractivity contribution < 1.29 is 5.11 Å². The molecular formula is C6H10O. The molecule has 0 spiro atoms. The molecule has 1 rings (SSSR count). The number of hydrogen-bond acceptors (Lipinski definition) is 1. The van der Waals surface area contributed by atoms with Gasteiger partial charge in [0, 0.05) is 0 Å². The van der Waals surface area contributed by atoms with E-state index in [0.717, 1.165) is 6.42 Å². The summed E-state index contributed by atoms with van der Waals surface area (Å²) in [7, 11) is 0. The standard InChI is InChI=1S/C6H10O/c1-5-2-3-6(7)4-5/h2-3,5-7H,4H2,1H3/t5-,6-/m1/s1. The first-order chi connectivity index (χ1) is 3.29. The van der Waals surface area contributed by atoms with E-state index >= 15 is 0 Å². The minimum Gasteiger partial charge on any atom is -0.389 e. The number of aliphatic hydroxyl groups excluding tert-OH is 1. The summed E-state index contributed by atoms with van der Waals surface area (Å²) in [6.45, 7) is 2.10. The van der Waals surface area contributed by atoms with Crippen molar-refractivity contribution in [3.05, 3.63) is 12.2 Å². The van der Waals surface area contributed by atoms with Gasteiger partial charge >= 0.3 is 0 Å². The Morgan fingerprint density at radius 3 is 2.43 bits per heavy atom. The highest BCUT2D eigenvalue weighted by atomic mass is 16.3. The fourth-order valence-electron chi connectivity index (χ4n) is 0.856. The van der Waals surface area contributed by atoms with E-state index < -0.39 is 0 Å². The quantitative estimate of drug-likeness (QED) is 0.447. The molecule has 0 amide bonds. The van der Waals surface area contributed by atoms with Gasteiger partial charge in [-0.05, 0) is 12.3 Å². The van der Waals surface area contributed by atoms with Gasteiger partial charge in [-0.25, -0.2) is 0 Å². The zero-order chi connectivity index (χ0) is 5.28. The average Bonchev–Trinajstić information content (AvgIpc) is 1.87. The van der Waals surface area contributed by atoms with Crippen LogP contribution in [0.5, 0.6) is 0 Å². The summed E-state index contributed by atoms with van der Waals surface area (Å²) in [4.78, 5) is 0. The van der Waals surface area contributed by atoms with Gasteiger partial charge in [-0.15, -0.1) is 0 Å². The molecule has 7 heavy (non-hydrogen) atoms. The number of allylic oxidation sites excluding steroid dienone is 1. The van der Waals surface area contributed by atoms with Gasteiger partial charge in [-0.3, -0.25) is 0 Å². The fourth-order valence-corrected chi connectivity index (χ4v) is 0.856. The Labute approximate surface area is 43.7 Å². The number of rotatable bonds is 0. The Hall–Kier alpha value is -0.300. The SMILES string of the molecule is C[C@@H]1C=C[C@@H](O)C1. The first-order valence-electron chi connectivity index (χ1n) is 2.65. The lowest BCUT2D eigenvalue weighted by Crippen LogP contribution is -1.97. The second-order valence-electron chi connectivity index (χ2n) is 2.17. The molecule has 0 bridgehead atoms. The van der Waals surface area contributed by atoms with Crippen molar-refractivity contribution in [1.82, 2.24) is 0 Å². The van der Waals surface area contributed by atoms with Crippen LogP contribution in [0, 0.1) is 5.92 Å². The third kappa shape index (κ3) is 1.03. The molecule has 1 aliphatic rings. The Kier molecular flexibility index (Phi) is 1.15. The van der Waals surface area contributed by atoms with E-state index in [-0.39, 0.29) is 6.10 Å². The van der Waals surface area contributed by atoms with E-state index in [0.29, 0.717) is 5.92 Å². The molecule has 0 saturated heterocycles. The minimum absolute atomic E-state index is 0.157. The molecular weight excluding hydrogens is 88.1 g/mol. The highest BCUT2D eigenvalue weighted by molar-refractivity contribution is 5.00. The van der Waals surface area contributed by atoms with E-state index in [9.17, 15) is 0 Å². The van der Waals surface area contributed by atoms with Crippen molar-refractivity contribution in [3.8, 4) is 0 Å². The Bertz CT molecular complexity index is 76.2. The lowest BCUT2D eigenvalue weighted by atomic mass is 10.1. The summed E-state index contributed by atoms with van der Waals surface area (Å²) in [5.41, 5.74) is 0. The molecule has 1 N–H and O–H groups in total. The van der Waals surface area contributed by atoms with Crippen LogP contribution in [0.3, 0.4) is 0 Å². The van der Waals surface area contributed by atoms with E-state index in [4.69, 9.17) is 5.11 Å². The summed E-state index contributed by atoms with van der Waals surface area (Å²) in [6, 6.07) is 0. The van der Waals surface area contributed by atoms with Crippen molar-refractivity contribution in [2.45, 2.75) is 19.4 Å². The molecule has 0 heterocycles. The van der Waals surface area contributed by atoms with Gasteiger partial charge in [0.25, 0.3) is 0 Å². The van der Waals surface area contributed by atoms with Crippen molar-refractivity contribution in [2.75, 3.05) is 0 Å². The first-order valence-corrected chi connectivity index (χ1v) is 2.65. The molecule has 0 aliphatic heterocycles. The third-order valence-electron chi connectivity index (χ3n) is 1.28. The maximum atomic E-state index is 8.81. The molecule has 0 unspecified atom stereocenters. The van der Waals surface area contributed by atoms with E-state index in [1.54, 1.807) is 0 Å². The lowest BCUT2D eigenvalue weighted by molar-refractivity contribution is 0.212. The van der Waals surface area contributed by atoms with Gasteiger partial charge in [0.2, 0.25) is 0 Å². The Morgan fingerprint density at radius 2 is 2.29 bits per heavy atom. The predicted molar refractivity (Wildman–Crippen MR) is 28.9 cm³/mol. The van der Waals surface area contributed by atoms with Crippen LogP contribution < -0.4 is 0 Å². The Morgan fingerprint density at radius 1 is 1.57 bits per heavy atom. The highest BCUT2D eigenvalue weighted by Crippen LogP contribution is 2.15. The first kappa shape index (κ1) is 4.85. The number of aliphatic hydroxyl groups is 1. The zero-order valence-electron chi connectivity index (χ0n) is 4.46. The van der Waals surface area contributed by atoms with Crippen LogP contribution in [0.4, 0.5) is 0 Å². The largest absolute Gasteiger partial charge is 0.389 e. The van der Waals surface area contributed by atoms with Gasteiger partial charge in [0.15, 0.2) is 0 Å². The molecule has 40 valence electrons. The van der Waals surface area contributed by atoms with Crippen molar-refractivity contribution in [3.63, 3.8) is 0 Å². The van der Waals surface area contributed by atoms with Crippen molar-refractivity contribution in [1.29, 1.82) is 0 Å². The van der Waals surface area contributed by atoms with Crippen molar-refractivity contribution >= 4 is 0 Å². The smallest absolute Gasteiger partial charge is 0.0726 e. The highest BCUT2D eigenvalue weighted by Gasteiger charge is 2.10. The molecule has 1 nitrogen and oxygen atoms in total. The minimum atomic E-state index is -0.157. The predicted octanol–water partition coefficient (Wildman–Crippen LogP) is 0.943. The summed E-state index contributed by atoms with van der Waals surface area (Å²) in [5, 5.41) is 8.81. The zero-order valence-corrected chi connectivity index (χ0v) is 4.46. The topological polar surface area (TPSA) is 20.2 Å². The molecule has 0 aromatic carbocycles. The second-order valence-corrected chi connectivity index (χ2v) is 2.17. The van der Waals surface area contributed by atoms with Gasteiger partial charge in [-0.1, -0.05) is 19.1 Å². The molecule has 0 aromatic heterocycles. The summed E-state index contributed by atoms with van der Waals surface area (Å²) >= 11 is 0. The summed E-state index contributed by atoms with van der Waals surface area (Å²) < 4.78 is 0. The normalized spacial score (nSPS) is 39.7. The number of hydrogen-bond donors (Lipinski definition) is 1. The maximum absolute atomic E-state index is 8.81. The van der Waals surface area contributed by atoms with Crippen molar-refractivity contribution in [2.24, 2.45) is 5.92 Å². The maximum Gasteiger partial charge on any atom is 0.0726 e. The van der Waals surface area contributed by atoms with Crippen LogP contribution in [-0.4, -0.2) is 11.2 Å². The summed E-state index contributed by atoms with van der Waals surface area (Å²) in [6.07, 6.45) is 4.66. The molecule has 0 saturated carbocycles. The molecule has 0 fully saturated rings. The van der Waals surface area contributed by atoms with Gasteiger partial charge < -0.3 is 5.11 Å². The second kappa shape index (κ2) is 1.66. The third-order valence-corrected chi connectivity index (χ3v) is 1.28. The van der Waals surface area contributed by atoms with Crippen LogP contribution >= 0.6 is 0 Å². The lowest BCUT2D eigenvalue weighted by Gasteiger charge is -1.96. The van der Waals surface area contributed by atoms with Crippen LogP contribution in [0.1, 0.15) is 13.3 Å². The van der Waals surface area contributed by atoms with Crippen LogP contribution in [-0.2, 0) is 0 Å². The van der Waals surface area contributed by atoms with Crippen LogP contribution in [0.2, 0.25) is 0 Å².